The van der Waals surface area contributed by atoms with E-state index in [9.17, 15) is 0 Å². The summed E-state index contributed by atoms with van der Waals surface area (Å²) in [5.74, 6) is 0. The van der Waals surface area contributed by atoms with E-state index in [1.54, 1.807) is 0 Å². The maximum absolute atomic E-state index is 15.3. The molecule has 1 aliphatic heterocycles. The van der Waals surface area contributed by atoms with Crippen LogP contribution in [0, 0.1) is 5.41 Å². The predicted molar refractivity (Wildman–Crippen MR) is 77.3 cm³/mol. The van der Waals surface area contributed by atoms with Crippen molar-refractivity contribution in [3.8, 4) is 0 Å². The Kier molecular flexibility index (Phi) is 2.49. The number of hydrogen-bond donors (Lipinski definition) is 1. The third kappa shape index (κ3) is 1.71. The van der Waals surface area contributed by atoms with Crippen LogP contribution in [0.25, 0.3) is 11.0 Å². The first-order valence-electron chi connectivity index (χ1n) is 7.43. The highest BCUT2D eigenvalue weighted by Gasteiger charge is 2.47. The summed E-state index contributed by atoms with van der Waals surface area (Å²) in [6.45, 7) is 2.13. The van der Waals surface area contributed by atoms with Crippen LogP contribution in [0.2, 0.25) is 0 Å². The molecule has 20 heavy (non-hydrogen) atoms. The van der Waals surface area contributed by atoms with E-state index in [0.717, 1.165) is 37.0 Å². The zero-order valence-corrected chi connectivity index (χ0v) is 11.8. The summed E-state index contributed by atoms with van der Waals surface area (Å²) in [5, 5.41) is 4.40. The van der Waals surface area contributed by atoms with E-state index in [1.165, 1.54) is 0 Å². The Morgan fingerprint density at radius 1 is 1.15 bits per heavy atom. The van der Waals surface area contributed by atoms with Crippen molar-refractivity contribution >= 4 is 11.0 Å². The van der Waals surface area contributed by atoms with Gasteiger partial charge in [0, 0.05) is 31.7 Å². The number of halogens is 1. The van der Waals surface area contributed by atoms with Crippen molar-refractivity contribution in [2.24, 2.45) is 12.5 Å². The van der Waals surface area contributed by atoms with Gasteiger partial charge in [-0.2, -0.15) is 0 Å². The van der Waals surface area contributed by atoms with Crippen molar-refractivity contribution in [2.75, 3.05) is 13.1 Å². The third-order valence-electron chi connectivity index (χ3n) is 5.28. The van der Waals surface area contributed by atoms with E-state index in [4.69, 9.17) is 0 Å². The second-order valence-corrected chi connectivity index (χ2v) is 6.60. The molecule has 0 unspecified atom stereocenters. The van der Waals surface area contributed by atoms with Gasteiger partial charge in [0.1, 0.15) is 5.65 Å². The number of fused-ring (bicyclic) bond motifs is 1. The summed E-state index contributed by atoms with van der Waals surface area (Å²) >= 11 is 0. The summed E-state index contributed by atoms with van der Waals surface area (Å²) in [5.41, 5.74) is 0.642. The number of hydrogen-bond acceptors (Lipinski definition) is 2. The van der Waals surface area contributed by atoms with Crippen LogP contribution < -0.4 is 5.32 Å². The van der Waals surface area contributed by atoms with E-state index < -0.39 is 5.67 Å². The van der Waals surface area contributed by atoms with Crippen LogP contribution in [0.1, 0.15) is 31.4 Å². The Balaban J connectivity index is 1.66. The number of aryl methyl sites for hydroxylation is 1. The lowest BCUT2D eigenvalue weighted by atomic mass is 9.65. The van der Waals surface area contributed by atoms with Gasteiger partial charge in [-0.3, -0.25) is 0 Å². The van der Waals surface area contributed by atoms with E-state index in [0.29, 0.717) is 24.0 Å². The number of rotatable bonds is 1. The predicted octanol–water partition coefficient (Wildman–Crippen LogP) is 2.90. The zero-order valence-electron chi connectivity index (χ0n) is 11.8. The Morgan fingerprint density at radius 2 is 1.90 bits per heavy atom. The van der Waals surface area contributed by atoms with Crippen LogP contribution in [0.15, 0.2) is 24.4 Å². The molecule has 1 aliphatic carbocycles. The largest absolute Gasteiger partial charge is 0.336 e. The summed E-state index contributed by atoms with van der Waals surface area (Å²) in [4.78, 5) is 4.59. The molecule has 2 aliphatic rings. The second kappa shape index (κ2) is 4.04. The van der Waals surface area contributed by atoms with Gasteiger partial charge in [-0.1, -0.05) is 0 Å². The molecule has 0 radical (unpaired) electrons. The monoisotopic (exact) mass is 273 g/mol. The van der Waals surface area contributed by atoms with Crippen molar-refractivity contribution < 1.29 is 4.39 Å². The van der Waals surface area contributed by atoms with Gasteiger partial charge in [-0.15, -0.1) is 0 Å². The molecule has 0 bridgehead atoms. The average molecular weight is 273 g/mol. The normalized spacial score (nSPS) is 23.9. The smallest absolute Gasteiger partial charge is 0.152 e. The van der Waals surface area contributed by atoms with Crippen LogP contribution in [-0.2, 0) is 12.7 Å². The maximum atomic E-state index is 15.3. The van der Waals surface area contributed by atoms with Gasteiger partial charge in [0.15, 0.2) is 5.67 Å². The van der Waals surface area contributed by atoms with Crippen molar-refractivity contribution in [3.63, 3.8) is 0 Å². The molecule has 106 valence electrons. The van der Waals surface area contributed by atoms with E-state index in [1.807, 2.05) is 36.0 Å². The SMILES string of the molecule is Cn1ccc2ccc(C3(F)CCC4(CC3)CNC4)nc21. The lowest BCUT2D eigenvalue weighted by Gasteiger charge is -2.48. The molecular formula is C16H20FN3. The first-order valence-corrected chi connectivity index (χ1v) is 7.43. The molecule has 3 heterocycles. The number of nitrogens with zero attached hydrogens (tertiary/aromatic N) is 2. The minimum Gasteiger partial charge on any atom is -0.336 e. The van der Waals surface area contributed by atoms with Crippen LogP contribution in [0.3, 0.4) is 0 Å². The first kappa shape index (κ1) is 12.3. The van der Waals surface area contributed by atoms with Crippen LogP contribution in [0.5, 0.6) is 0 Å². The van der Waals surface area contributed by atoms with E-state index in [-0.39, 0.29) is 0 Å². The van der Waals surface area contributed by atoms with Crippen LogP contribution >= 0.6 is 0 Å². The third-order valence-corrected chi connectivity index (χ3v) is 5.28. The molecule has 1 spiro atoms. The molecule has 1 N–H and O–H groups in total. The molecule has 2 aromatic heterocycles. The molecule has 3 nitrogen and oxygen atoms in total. The number of nitrogens with one attached hydrogen (secondary N) is 1. The molecule has 4 rings (SSSR count). The molecule has 1 saturated heterocycles. The Hall–Kier alpha value is -1.42. The Labute approximate surface area is 118 Å². The molecule has 2 fully saturated rings. The summed E-state index contributed by atoms with van der Waals surface area (Å²) in [6.07, 6.45) is 5.14. The van der Waals surface area contributed by atoms with Gasteiger partial charge >= 0.3 is 0 Å². The zero-order chi connectivity index (χ0) is 13.8. The molecule has 1 saturated carbocycles. The fourth-order valence-electron chi connectivity index (χ4n) is 3.65. The minimum absolute atomic E-state index is 0.380. The highest BCUT2D eigenvalue weighted by atomic mass is 19.1. The van der Waals surface area contributed by atoms with Crippen molar-refractivity contribution in [1.29, 1.82) is 0 Å². The van der Waals surface area contributed by atoms with Gasteiger partial charge in [-0.05, 0) is 49.3 Å². The highest BCUT2D eigenvalue weighted by molar-refractivity contribution is 5.76. The van der Waals surface area contributed by atoms with E-state index >= 15 is 4.39 Å². The fourth-order valence-corrected chi connectivity index (χ4v) is 3.65. The van der Waals surface area contributed by atoms with Crippen molar-refractivity contribution in [3.05, 3.63) is 30.1 Å². The molecule has 0 atom stereocenters. The van der Waals surface area contributed by atoms with Gasteiger partial charge in [0.25, 0.3) is 0 Å². The quantitative estimate of drug-likeness (QED) is 0.866. The number of alkyl halides is 1. The summed E-state index contributed by atoms with van der Waals surface area (Å²) in [6, 6.07) is 5.89. The van der Waals surface area contributed by atoms with Crippen LogP contribution in [-0.4, -0.2) is 22.6 Å². The van der Waals surface area contributed by atoms with Gasteiger partial charge in [-0.25, -0.2) is 9.37 Å². The van der Waals surface area contributed by atoms with Crippen LogP contribution in [0.4, 0.5) is 4.39 Å². The van der Waals surface area contributed by atoms with Gasteiger partial charge in [0.2, 0.25) is 0 Å². The van der Waals surface area contributed by atoms with Crippen molar-refractivity contribution in [2.45, 2.75) is 31.4 Å². The lowest BCUT2D eigenvalue weighted by Crippen LogP contribution is -2.56. The standard InChI is InChI=1S/C16H20FN3/c1-20-9-4-12-2-3-13(19-14(12)20)16(17)7-5-15(6-8-16)10-18-11-15/h2-4,9,18H,5-8,10-11H2,1H3. The minimum atomic E-state index is -1.24. The molecule has 0 amide bonds. The highest BCUT2D eigenvalue weighted by Crippen LogP contribution is 2.49. The molecule has 0 aromatic carbocycles. The van der Waals surface area contributed by atoms with E-state index in [2.05, 4.69) is 10.3 Å². The summed E-state index contributed by atoms with van der Waals surface area (Å²) < 4.78 is 17.2. The fraction of sp³-hybridized carbons (Fsp3) is 0.562. The number of pyridine rings is 1. The topological polar surface area (TPSA) is 29.9 Å². The maximum Gasteiger partial charge on any atom is 0.152 e. The first-order chi connectivity index (χ1) is 9.60. The summed E-state index contributed by atoms with van der Waals surface area (Å²) in [7, 11) is 1.96. The van der Waals surface area contributed by atoms with Gasteiger partial charge < -0.3 is 9.88 Å². The van der Waals surface area contributed by atoms with Crippen molar-refractivity contribution in [1.82, 2.24) is 14.9 Å². The molecular weight excluding hydrogens is 253 g/mol. The number of aromatic nitrogens is 2. The van der Waals surface area contributed by atoms with Gasteiger partial charge in [0.05, 0.1) is 5.69 Å². The second-order valence-electron chi connectivity index (χ2n) is 6.60. The Bertz CT molecular complexity index is 647. The Morgan fingerprint density at radius 3 is 2.55 bits per heavy atom. The average Bonchev–Trinajstić information content (AvgIpc) is 2.79. The lowest BCUT2D eigenvalue weighted by molar-refractivity contribution is 0.00434. The molecule has 4 heteroatoms. The molecule has 2 aromatic rings.